The van der Waals surface area contributed by atoms with E-state index in [0.717, 1.165) is 17.7 Å². The first-order valence-electron chi connectivity index (χ1n) is 7.26. The molecule has 1 aromatic carbocycles. The van der Waals surface area contributed by atoms with E-state index >= 15 is 0 Å². The maximum atomic E-state index is 11.8. The molecular formula is C17H25NO3. The summed E-state index contributed by atoms with van der Waals surface area (Å²) in [4.78, 5) is 11.8. The topological polar surface area (TPSA) is 47.6 Å². The zero-order chi connectivity index (χ0) is 15.7. The standard InChI is InChI=1S/C17H25NO3/c1-5-11-21-15-9-7-14(8-10-15)12-18-16(13(3)6-2)17(19)20-4/h5,7-10,13,16,18H,1,6,11-12H2,2-4H3. The van der Waals surface area contributed by atoms with Gasteiger partial charge < -0.3 is 14.8 Å². The van der Waals surface area contributed by atoms with E-state index in [2.05, 4.69) is 18.8 Å². The number of ether oxygens (including phenoxy) is 2. The van der Waals surface area contributed by atoms with Gasteiger partial charge in [0.15, 0.2) is 0 Å². The molecule has 0 amide bonds. The third-order valence-corrected chi connectivity index (χ3v) is 3.49. The van der Waals surface area contributed by atoms with Gasteiger partial charge in [-0.1, -0.05) is 45.1 Å². The Morgan fingerprint density at radius 2 is 2.05 bits per heavy atom. The summed E-state index contributed by atoms with van der Waals surface area (Å²) in [6.07, 6.45) is 2.63. The fourth-order valence-electron chi connectivity index (χ4n) is 1.97. The van der Waals surface area contributed by atoms with Crippen LogP contribution < -0.4 is 10.1 Å². The molecule has 0 spiro atoms. The van der Waals surface area contributed by atoms with Gasteiger partial charge in [0.2, 0.25) is 0 Å². The summed E-state index contributed by atoms with van der Waals surface area (Å²) < 4.78 is 10.3. The summed E-state index contributed by atoms with van der Waals surface area (Å²) in [5.74, 6) is 0.827. The molecule has 0 saturated carbocycles. The molecule has 0 aliphatic rings. The summed E-state index contributed by atoms with van der Waals surface area (Å²) in [5.41, 5.74) is 1.10. The Morgan fingerprint density at radius 1 is 1.38 bits per heavy atom. The lowest BCUT2D eigenvalue weighted by Crippen LogP contribution is -2.42. The molecule has 0 fully saturated rings. The molecule has 2 atom stereocenters. The minimum Gasteiger partial charge on any atom is -0.490 e. The molecule has 0 aromatic heterocycles. The van der Waals surface area contributed by atoms with Crippen LogP contribution in [0.5, 0.6) is 5.75 Å². The molecular weight excluding hydrogens is 266 g/mol. The second-order valence-corrected chi connectivity index (χ2v) is 5.01. The smallest absolute Gasteiger partial charge is 0.323 e. The molecule has 4 heteroatoms. The minimum absolute atomic E-state index is 0.213. The van der Waals surface area contributed by atoms with Crippen molar-refractivity contribution in [3.05, 3.63) is 42.5 Å². The molecule has 21 heavy (non-hydrogen) atoms. The zero-order valence-electron chi connectivity index (χ0n) is 13.1. The molecule has 0 saturated heterocycles. The number of hydrogen-bond acceptors (Lipinski definition) is 4. The normalized spacial score (nSPS) is 13.3. The molecule has 0 aliphatic heterocycles. The van der Waals surface area contributed by atoms with E-state index in [1.54, 1.807) is 6.08 Å². The molecule has 1 aromatic rings. The molecule has 0 radical (unpaired) electrons. The first kappa shape index (κ1) is 17.2. The van der Waals surface area contributed by atoms with Crippen LogP contribution in [0.4, 0.5) is 0 Å². The van der Waals surface area contributed by atoms with Crippen LogP contribution in [0.2, 0.25) is 0 Å². The summed E-state index contributed by atoms with van der Waals surface area (Å²) in [7, 11) is 1.42. The van der Waals surface area contributed by atoms with E-state index < -0.39 is 0 Å². The Labute approximate surface area is 127 Å². The quantitative estimate of drug-likeness (QED) is 0.561. The van der Waals surface area contributed by atoms with Crippen molar-refractivity contribution in [2.45, 2.75) is 32.9 Å². The van der Waals surface area contributed by atoms with Crippen LogP contribution in [0, 0.1) is 5.92 Å². The van der Waals surface area contributed by atoms with Crippen LogP contribution >= 0.6 is 0 Å². The van der Waals surface area contributed by atoms with Crippen molar-refractivity contribution in [1.82, 2.24) is 5.32 Å². The summed E-state index contributed by atoms with van der Waals surface area (Å²) in [6, 6.07) is 7.51. The van der Waals surface area contributed by atoms with E-state index in [-0.39, 0.29) is 17.9 Å². The van der Waals surface area contributed by atoms with Gasteiger partial charge in [0.1, 0.15) is 18.4 Å². The molecule has 1 N–H and O–H groups in total. The monoisotopic (exact) mass is 291 g/mol. The van der Waals surface area contributed by atoms with Gasteiger partial charge in [0.05, 0.1) is 7.11 Å². The van der Waals surface area contributed by atoms with E-state index in [4.69, 9.17) is 9.47 Å². The van der Waals surface area contributed by atoms with Gasteiger partial charge in [-0.2, -0.15) is 0 Å². The van der Waals surface area contributed by atoms with Crippen molar-refractivity contribution in [2.75, 3.05) is 13.7 Å². The van der Waals surface area contributed by atoms with Crippen molar-refractivity contribution in [3.63, 3.8) is 0 Å². The number of rotatable bonds is 9. The maximum Gasteiger partial charge on any atom is 0.323 e. The van der Waals surface area contributed by atoms with Crippen LogP contribution in [-0.2, 0) is 16.1 Å². The third-order valence-electron chi connectivity index (χ3n) is 3.49. The SMILES string of the molecule is C=CCOc1ccc(CNC(C(=O)OC)C(C)CC)cc1. The van der Waals surface area contributed by atoms with Crippen LogP contribution in [0.15, 0.2) is 36.9 Å². The lowest BCUT2D eigenvalue weighted by molar-refractivity contribution is -0.144. The van der Waals surface area contributed by atoms with Crippen molar-refractivity contribution in [1.29, 1.82) is 0 Å². The number of nitrogens with one attached hydrogen (secondary N) is 1. The molecule has 0 aliphatic carbocycles. The third kappa shape index (κ3) is 5.60. The number of esters is 1. The van der Waals surface area contributed by atoms with Crippen LogP contribution in [-0.4, -0.2) is 25.7 Å². The Bertz CT molecular complexity index is 442. The summed E-state index contributed by atoms with van der Waals surface area (Å²) in [6.45, 7) is 8.83. The Kier molecular flexibility index (Phi) is 7.54. The van der Waals surface area contributed by atoms with E-state index in [1.807, 2.05) is 31.2 Å². The molecule has 2 unspecified atom stereocenters. The molecule has 0 bridgehead atoms. The molecule has 116 valence electrons. The first-order chi connectivity index (χ1) is 10.1. The lowest BCUT2D eigenvalue weighted by Gasteiger charge is -2.22. The Balaban J connectivity index is 2.59. The van der Waals surface area contributed by atoms with Crippen molar-refractivity contribution >= 4 is 5.97 Å². The number of hydrogen-bond donors (Lipinski definition) is 1. The highest BCUT2D eigenvalue weighted by molar-refractivity contribution is 5.75. The second kappa shape index (κ2) is 9.19. The first-order valence-corrected chi connectivity index (χ1v) is 7.26. The molecule has 0 heterocycles. The highest BCUT2D eigenvalue weighted by atomic mass is 16.5. The second-order valence-electron chi connectivity index (χ2n) is 5.01. The average Bonchev–Trinajstić information content (AvgIpc) is 2.53. The summed E-state index contributed by atoms with van der Waals surface area (Å²) in [5, 5.41) is 3.27. The van der Waals surface area contributed by atoms with Crippen molar-refractivity contribution < 1.29 is 14.3 Å². The van der Waals surface area contributed by atoms with Gasteiger partial charge in [-0.15, -0.1) is 0 Å². The highest BCUT2D eigenvalue weighted by Crippen LogP contribution is 2.14. The predicted molar refractivity (Wildman–Crippen MR) is 84.2 cm³/mol. The average molecular weight is 291 g/mol. The van der Waals surface area contributed by atoms with Crippen LogP contribution in [0.3, 0.4) is 0 Å². The van der Waals surface area contributed by atoms with Crippen molar-refractivity contribution in [3.8, 4) is 5.75 Å². The fourth-order valence-corrected chi connectivity index (χ4v) is 1.97. The highest BCUT2D eigenvalue weighted by Gasteiger charge is 2.23. The lowest BCUT2D eigenvalue weighted by atomic mass is 9.99. The van der Waals surface area contributed by atoms with Crippen LogP contribution in [0.1, 0.15) is 25.8 Å². The zero-order valence-corrected chi connectivity index (χ0v) is 13.1. The molecule has 4 nitrogen and oxygen atoms in total. The van der Waals surface area contributed by atoms with Crippen molar-refractivity contribution in [2.24, 2.45) is 5.92 Å². The van der Waals surface area contributed by atoms with Gasteiger partial charge in [-0.05, 0) is 23.6 Å². The number of methoxy groups -OCH3 is 1. The fraction of sp³-hybridized carbons (Fsp3) is 0.471. The summed E-state index contributed by atoms with van der Waals surface area (Å²) >= 11 is 0. The Hall–Kier alpha value is -1.81. The van der Waals surface area contributed by atoms with Gasteiger partial charge in [0, 0.05) is 6.54 Å². The van der Waals surface area contributed by atoms with Gasteiger partial charge in [-0.3, -0.25) is 4.79 Å². The van der Waals surface area contributed by atoms with E-state index in [0.29, 0.717) is 13.2 Å². The van der Waals surface area contributed by atoms with Gasteiger partial charge in [-0.25, -0.2) is 0 Å². The number of carbonyl (C=O) groups is 1. The van der Waals surface area contributed by atoms with E-state index in [9.17, 15) is 4.79 Å². The van der Waals surface area contributed by atoms with Crippen LogP contribution in [0.25, 0.3) is 0 Å². The maximum absolute atomic E-state index is 11.8. The largest absolute Gasteiger partial charge is 0.490 e. The predicted octanol–water partition coefficient (Wildman–Crippen LogP) is 2.93. The Morgan fingerprint density at radius 3 is 2.57 bits per heavy atom. The number of carbonyl (C=O) groups excluding carboxylic acids is 1. The van der Waals surface area contributed by atoms with Gasteiger partial charge in [0.25, 0.3) is 0 Å². The van der Waals surface area contributed by atoms with E-state index in [1.165, 1.54) is 7.11 Å². The molecule has 1 rings (SSSR count). The number of benzene rings is 1. The minimum atomic E-state index is -0.281. The van der Waals surface area contributed by atoms with Gasteiger partial charge >= 0.3 is 5.97 Å².